The summed E-state index contributed by atoms with van der Waals surface area (Å²) in [6, 6.07) is 5.99. The van der Waals surface area contributed by atoms with Gasteiger partial charge in [-0.2, -0.15) is 13.2 Å². The number of carbonyl (C=O) groups excluding carboxylic acids is 2. The van der Waals surface area contributed by atoms with Crippen LogP contribution in [0.4, 0.5) is 13.2 Å². The topological polar surface area (TPSA) is 138 Å². The number of ether oxygens (including phenoxy) is 3. The van der Waals surface area contributed by atoms with Crippen molar-refractivity contribution >= 4 is 34.4 Å². The van der Waals surface area contributed by atoms with Crippen molar-refractivity contribution in [3.63, 3.8) is 0 Å². The zero-order valence-corrected chi connectivity index (χ0v) is 26.0. The van der Waals surface area contributed by atoms with E-state index in [1.54, 1.807) is 12.1 Å². The second-order valence-corrected chi connectivity index (χ2v) is 11.6. The lowest BCUT2D eigenvalue weighted by molar-refractivity contribution is -0.137. The first-order chi connectivity index (χ1) is 21.0. The van der Waals surface area contributed by atoms with Crippen LogP contribution >= 0.6 is 22.6 Å². The normalized spacial score (nSPS) is 21.9. The van der Waals surface area contributed by atoms with Crippen LogP contribution in [0.3, 0.4) is 0 Å². The number of nitrogens with one attached hydrogen (secondary N) is 1. The molecular weight excluding hydrogens is 700 g/mol. The van der Waals surface area contributed by atoms with Crippen molar-refractivity contribution < 1.29 is 52.3 Å². The minimum Gasteiger partial charge on any atom is -0.493 e. The number of halogens is 4. The number of methoxy groups -OCH3 is 1. The Morgan fingerprint density at radius 1 is 1.18 bits per heavy atom. The van der Waals surface area contributed by atoms with Gasteiger partial charge in [0.05, 0.1) is 41.6 Å². The van der Waals surface area contributed by atoms with E-state index in [-0.39, 0.29) is 61.5 Å². The molecule has 1 heterocycles. The number of rotatable bonds is 11. The smallest absolute Gasteiger partial charge is 0.416 e. The Morgan fingerprint density at radius 3 is 2.50 bits per heavy atom. The molecule has 2 aromatic carbocycles. The summed E-state index contributed by atoms with van der Waals surface area (Å²) >= 11 is 1.99. The third-order valence-electron chi connectivity index (χ3n) is 7.48. The lowest BCUT2D eigenvalue weighted by atomic mass is 9.87. The van der Waals surface area contributed by atoms with E-state index in [1.165, 1.54) is 18.1 Å². The molecule has 1 aliphatic carbocycles. The molecule has 2 aromatic rings. The van der Waals surface area contributed by atoms with Gasteiger partial charge in [-0.1, -0.05) is 0 Å². The number of alkyl halides is 3. The van der Waals surface area contributed by atoms with E-state index >= 15 is 0 Å². The monoisotopic (exact) mass is 734 g/mol. The highest BCUT2D eigenvalue weighted by atomic mass is 127. The molecule has 0 saturated carbocycles. The van der Waals surface area contributed by atoms with Gasteiger partial charge < -0.3 is 39.7 Å². The molecule has 0 radical (unpaired) electrons. The van der Waals surface area contributed by atoms with E-state index in [0.29, 0.717) is 22.2 Å². The molecule has 240 valence electrons. The van der Waals surface area contributed by atoms with Gasteiger partial charge in [0.2, 0.25) is 5.91 Å². The summed E-state index contributed by atoms with van der Waals surface area (Å²) in [5.74, 6) is -0.678. The molecule has 0 unspecified atom stereocenters. The maximum atomic E-state index is 13.9. The van der Waals surface area contributed by atoms with Crippen molar-refractivity contribution in [2.45, 2.75) is 56.4 Å². The van der Waals surface area contributed by atoms with Gasteiger partial charge in [-0.3, -0.25) is 9.59 Å². The van der Waals surface area contributed by atoms with Gasteiger partial charge in [0.25, 0.3) is 5.91 Å². The van der Waals surface area contributed by atoms with Crippen LogP contribution in [-0.2, 0) is 22.3 Å². The van der Waals surface area contributed by atoms with Gasteiger partial charge in [0.1, 0.15) is 12.2 Å². The molecule has 0 aromatic heterocycles. The number of amides is 2. The molecular formula is C30H34F3IN2O8. The molecule has 4 atom stereocenters. The molecule has 14 heteroatoms. The average Bonchev–Trinajstić information content (AvgIpc) is 3.53. The van der Waals surface area contributed by atoms with Crippen LogP contribution in [-0.4, -0.2) is 89.8 Å². The van der Waals surface area contributed by atoms with Gasteiger partial charge in [-0.25, -0.2) is 0 Å². The molecule has 2 aliphatic rings. The van der Waals surface area contributed by atoms with Gasteiger partial charge in [0, 0.05) is 37.3 Å². The highest BCUT2D eigenvalue weighted by molar-refractivity contribution is 14.1. The lowest BCUT2D eigenvalue weighted by Crippen LogP contribution is -2.56. The molecule has 1 fully saturated rings. The van der Waals surface area contributed by atoms with E-state index in [4.69, 9.17) is 14.2 Å². The molecule has 4 N–H and O–H groups in total. The number of nitrogens with zero attached hydrogens (tertiary/aromatic N) is 1. The lowest BCUT2D eigenvalue weighted by Gasteiger charge is -2.41. The fraction of sp³-hybridized carbons (Fsp3) is 0.467. The predicted octanol–water partition coefficient (Wildman–Crippen LogP) is 3.05. The Kier molecular flexibility index (Phi) is 11.5. The second kappa shape index (κ2) is 14.9. The maximum absolute atomic E-state index is 13.9. The van der Waals surface area contributed by atoms with Crippen molar-refractivity contribution in [1.29, 1.82) is 0 Å². The SMILES string of the molecule is COc1cc(CO)cc(I)c1O[C@H]1C=C(C(=O)NCCO)C[C@@H](N(C[C@@H]2CCCO2)C(=O)c2ccc(C(F)(F)F)cc2)[C@@H]1O. The van der Waals surface area contributed by atoms with E-state index in [0.717, 1.165) is 30.7 Å². The molecule has 0 spiro atoms. The summed E-state index contributed by atoms with van der Waals surface area (Å²) in [5.41, 5.74) is -0.202. The zero-order valence-electron chi connectivity index (χ0n) is 23.8. The van der Waals surface area contributed by atoms with Gasteiger partial charge >= 0.3 is 6.18 Å². The number of hydrogen-bond donors (Lipinski definition) is 4. The molecule has 44 heavy (non-hydrogen) atoms. The summed E-state index contributed by atoms with van der Waals surface area (Å²) in [4.78, 5) is 28.4. The molecule has 2 amide bonds. The van der Waals surface area contributed by atoms with Crippen molar-refractivity contribution in [3.05, 3.63) is 68.3 Å². The number of benzene rings is 2. The van der Waals surface area contributed by atoms with E-state index in [9.17, 15) is 38.1 Å². The molecule has 10 nitrogen and oxygen atoms in total. The van der Waals surface area contributed by atoms with E-state index < -0.39 is 41.8 Å². The summed E-state index contributed by atoms with van der Waals surface area (Å²) in [7, 11) is 1.41. The summed E-state index contributed by atoms with van der Waals surface area (Å²) in [6.45, 7) is -0.1000. The standard InChI is InChI=1S/C30H34F3IN2O8/c1-42-25-12-17(16-38)11-22(34)27(25)44-24-14-19(28(40)35-8-9-37)13-23(26(24)39)36(15-21-3-2-10-43-21)29(41)18-4-6-20(7-5-18)30(31,32)33/h4-7,11-12,14,21,23-24,26,37-39H,2-3,8-10,13,15-16H2,1H3,(H,35,40)/t21-,23+,24-,26-/m0/s1. The van der Waals surface area contributed by atoms with Crippen molar-refractivity contribution in [2.75, 3.05) is 33.4 Å². The number of hydrogen-bond acceptors (Lipinski definition) is 8. The number of carbonyl (C=O) groups is 2. The van der Waals surface area contributed by atoms with Crippen LogP contribution in [0.25, 0.3) is 0 Å². The fourth-order valence-electron chi connectivity index (χ4n) is 5.24. The third kappa shape index (κ3) is 8.02. The first kappa shape index (κ1) is 34.0. The number of aliphatic hydroxyl groups is 3. The van der Waals surface area contributed by atoms with Crippen molar-refractivity contribution in [2.24, 2.45) is 0 Å². The quantitative estimate of drug-likeness (QED) is 0.259. The molecule has 0 bridgehead atoms. The highest BCUT2D eigenvalue weighted by Crippen LogP contribution is 2.38. The minimum atomic E-state index is -4.58. The van der Waals surface area contributed by atoms with Crippen LogP contribution in [0.15, 0.2) is 48.0 Å². The molecule has 1 aliphatic heterocycles. The Morgan fingerprint density at radius 2 is 1.91 bits per heavy atom. The van der Waals surface area contributed by atoms with Crippen LogP contribution < -0.4 is 14.8 Å². The van der Waals surface area contributed by atoms with Gasteiger partial charge in [-0.15, -0.1) is 0 Å². The Hall–Kier alpha value is -2.92. The fourth-order valence-corrected chi connectivity index (χ4v) is 6.03. The van der Waals surface area contributed by atoms with Gasteiger partial charge in [0.15, 0.2) is 11.5 Å². The summed E-state index contributed by atoms with van der Waals surface area (Å²) in [5, 5.41) is 33.1. The van der Waals surface area contributed by atoms with Crippen LogP contribution in [0.2, 0.25) is 0 Å². The van der Waals surface area contributed by atoms with Crippen molar-refractivity contribution in [1.82, 2.24) is 10.2 Å². The Balaban J connectivity index is 1.73. The zero-order chi connectivity index (χ0) is 32.0. The van der Waals surface area contributed by atoms with E-state index in [2.05, 4.69) is 5.32 Å². The molecule has 1 saturated heterocycles. The van der Waals surface area contributed by atoms with Crippen LogP contribution in [0.1, 0.15) is 40.7 Å². The Bertz CT molecular complexity index is 1350. The van der Waals surface area contributed by atoms with Crippen LogP contribution in [0.5, 0.6) is 11.5 Å². The molecule has 4 rings (SSSR count). The van der Waals surface area contributed by atoms with Gasteiger partial charge in [-0.05, 0) is 83.5 Å². The predicted molar refractivity (Wildman–Crippen MR) is 160 cm³/mol. The summed E-state index contributed by atoms with van der Waals surface area (Å²) in [6.07, 6.45) is -4.80. The third-order valence-corrected chi connectivity index (χ3v) is 8.29. The number of aliphatic hydroxyl groups excluding tert-OH is 3. The van der Waals surface area contributed by atoms with Crippen molar-refractivity contribution in [3.8, 4) is 11.5 Å². The maximum Gasteiger partial charge on any atom is 0.416 e. The largest absolute Gasteiger partial charge is 0.493 e. The average molecular weight is 735 g/mol. The van der Waals surface area contributed by atoms with E-state index in [1.807, 2.05) is 22.6 Å². The second-order valence-electron chi connectivity index (χ2n) is 10.5. The Labute approximate surface area is 265 Å². The highest BCUT2D eigenvalue weighted by Gasteiger charge is 2.42. The first-order valence-electron chi connectivity index (χ1n) is 14.0. The minimum absolute atomic E-state index is 0.0197. The van der Waals surface area contributed by atoms with Crippen LogP contribution in [0, 0.1) is 3.57 Å². The first-order valence-corrected chi connectivity index (χ1v) is 15.1. The summed E-state index contributed by atoms with van der Waals surface area (Å²) < 4.78 is 57.6.